The van der Waals surface area contributed by atoms with E-state index in [0.29, 0.717) is 28.6 Å². The van der Waals surface area contributed by atoms with Crippen molar-refractivity contribution in [3.8, 4) is 5.75 Å². The summed E-state index contributed by atoms with van der Waals surface area (Å²) in [5.74, 6) is -0.372. The average Bonchev–Trinajstić information content (AvgIpc) is 2.97. The number of nitrogens with one attached hydrogen (secondary N) is 1. The Labute approximate surface area is 183 Å². The number of hydrogen-bond donors (Lipinski definition) is 1. The van der Waals surface area contributed by atoms with Crippen LogP contribution in [-0.2, 0) is 9.59 Å². The largest absolute Gasteiger partial charge is 0.490 e. The quantitative estimate of drug-likeness (QED) is 0.488. The normalized spacial score (nSPS) is 14.9. The van der Waals surface area contributed by atoms with Gasteiger partial charge in [0.15, 0.2) is 0 Å². The molecule has 6 nitrogen and oxygen atoms in total. The fraction of sp³-hybridized carbons (Fsp3) is 0.136. The summed E-state index contributed by atoms with van der Waals surface area (Å²) in [6, 6.07) is 12.2. The number of nitrogens with zero attached hydrogens (tertiary/aromatic N) is 1. The van der Waals surface area contributed by atoms with Crippen LogP contribution < -0.4 is 10.1 Å². The molecule has 1 saturated heterocycles. The van der Waals surface area contributed by atoms with Crippen molar-refractivity contribution in [1.29, 1.82) is 0 Å². The summed E-state index contributed by atoms with van der Waals surface area (Å²) >= 11 is 6.75. The third-order valence-electron chi connectivity index (χ3n) is 4.17. The number of aryl methyl sites for hydroxylation is 1. The molecule has 8 heteroatoms. The molecule has 1 aliphatic rings. The second-order valence-corrected chi connectivity index (χ2v) is 7.88. The van der Waals surface area contributed by atoms with E-state index in [1.54, 1.807) is 54.6 Å². The molecule has 154 valence electrons. The summed E-state index contributed by atoms with van der Waals surface area (Å²) < 4.78 is 5.48. The molecule has 3 rings (SSSR count). The molecule has 1 N–H and O–H groups in total. The number of anilines is 1. The third-order valence-corrected chi connectivity index (χ3v) is 5.32. The standard InChI is InChI=1S/C22H19ClN2O4S/c1-3-9-29-17-6-4-5-15(10-17)11-19-21(27)25(22(28)30-19)13-20(26)24-18-12-16(23)8-7-14(18)2/h3-8,10-12H,1,9,13H2,2H3,(H,24,26)/b19-11+. The van der Waals surface area contributed by atoms with Crippen LogP contribution in [0.4, 0.5) is 10.5 Å². The van der Waals surface area contributed by atoms with Crippen molar-refractivity contribution in [3.05, 3.63) is 76.2 Å². The zero-order valence-electron chi connectivity index (χ0n) is 16.2. The van der Waals surface area contributed by atoms with Gasteiger partial charge in [-0.15, -0.1) is 0 Å². The third kappa shape index (κ3) is 5.31. The van der Waals surface area contributed by atoms with E-state index in [9.17, 15) is 14.4 Å². The van der Waals surface area contributed by atoms with Crippen LogP contribution in [0, 0.1) is 6.92 Å². The highest BCUT2D eigenvalue weighted by atomic mass is 35.5. The van der Waals surface area contributed by atoms with Gasteiger partial charge < -0.3 is 10.1 Å². The predicted molar refractivity (Wildman–Crippen MR) is 120 cm³/mol. The molecule has 0 atom stereocenters. The smallest absolute Gasteiger partial charge is 0.294 e. The molecule has 1 heterocycles. The number of thioether (sulfide) groups is 1. The fourth-order valence-corrected chi connectivity index (χ4v) is 3.71. The zero-order chi connectivity index (χ0) is 21.7. The summed E-state index contributed by atoms with van der Waals surface area (Å²) in [4.78, 5) is 38.5. The second-order valence-electron chi connectivity index (χ2n) is 6.45. The number of rotatable bonds is 7. The van der Waals surface area contributed by atoms with E-state index in [-0.39, 0.29) is 11.4 Å². The highest BCUT2D eigenvalue weighted by molar-refractivity contribution is 8.18. The number of imide groups is 1. The van der Waals surface area contributed by atoms with Crippen LogP contribution in [0.15, 0.2) is 60.0 Å². The monoisotopic (exact) mass is 442 g/mol. The first kappa shape index (κ1) is 21.7. The van der Waals surface area contributed by atoms with E-state index < -0.39 is 17.1 Å². The van der Waals surface area contributed by atoms with Crippen LogP contribution in [0.3, 0.4) is 0 Å². The molecule has 0 aliphatic carbocycles. The van der Waals surface area contributed by atoms with Crippen molar-refractivity contribution < 1.29 is 19.1 Å². The fourth-order valence-electron chi connectivity index (χ4n) is 2.70. The minimum Gasteiger partial charge on any atom is -0.490 e. The number of carbonyl (C=O) groups is 3. The van der Waals surface area contributed by atoms with Gasteiger partial charge in [-0.2, -0.15) is 0 Å². The molecule has 0 unspecified atom stereocenters. The maximum absolute atomic E-state index is 12.7. The number of carbonyl (C=O) groups excluding carboxylic acids is 3. The van der Waals surface area contributed by atoms with Crippen LogP contribution in [0.2, 0.25) is 5.02 Å². The average molecular weight is 443 g/mol. The Kier molecular flexibility index (Phi) is 6.97. The first-order chi connectivity index (χ1) is 14.4. The Morgan fingerprint density at radius 3 is 2.83 bits per heavy atom. The van der Waals surface area contributed by atoms with Crippen molar-refractivity contribution in [2.75, 3.05) is 18.5 Å². The van der Waals surface area contributed by atoms with Gasteiger partial charge in [0, 0.05) is 10.7 Å². The lowest BCUT2D eigenvalue weighted by atomic mass is 10.2. The van der Waals surface area contributed by atoms with Crippen molar-refractivity contribution in [2.45, 2.75) is 6.92 Å². The Bertz CT molecular complexity index is 1050. The molecule has 2 aromatic rings. The molecule has 1 fully saturated rings. The molecule has 0 saturated carbocycles. The molecule has 0 aromatic heterocycles. The Morgan fingerprint density at radius 1 is 1.27 bits per heavy atom. The summed E-state index contributed by atoms with van der Waals surface area (Å²) in [5.41, 5.74) is 2.06. The molecule has 0 radical (unpaired) electrons. The molecule has 30 heavy (non-hydrogen) atoms. The van der Waals surface area contributed by atoms with Crippen LogP contribution in [0.25, 0.3) is 6.08 Å². The Hall–Kier alpha value is -3.03. The van der Waals surface area contributed by atoms with E-state index in [4.69, 9.17) is 16.3 Å². The summed E-state index contributed by atoms with van der Waals surface area (Å²) in [7, 11) is 0. The summed E-state index contributed by atoms with van der Waals surface area (Å²) in [6.07, 6.45) is 3.23. The van der Waals surface area contributed by atoms with E-state index >= 15 is 0 Å². The van der Waals surface area contributed by atoms with Gasteiger partial charge in [-0.1, -0.05) is 42.5 Å². The van der Waals surface area contributed by atoms with E-state index in [0.717, 1.165) is 22.2 Å². The minimum absolute atomic E-state index is 0.243. The number of amides is 3. The highest BCUT2D eigenvalue weighted by Gasteiger charge is 2.36. The lowest BCUT2D eigenvalue weighted by Gasteiger charge is -2.13. The van der Waals surface area contributed by atoms with Gasteiger partial charge >= 0.3 is 0 Å². The topological polar surface area (TPSA) is 75.7 Å². The molecule has 0 spiro atoms. The minimum atomic E-state index is -0.514. The van der Waals surface area contributed by atoms with Crippen molar-refractivity contribution in [1.82, 2.24) is 4.90 Å². The number of benzene rings is 2. The van der Waals surface area contributed by atoms with E-state index in [1.807, 2.05) is 6.92 Å². The van der Waals surface area contributed by atoms with Crippen molar-refractivity contribution >= 4 is 52.2 Å². The first-order valence-corrected chi connectivity index (χ1v) is 10.2. The van der Waals surface area contributed by atoms with Gasteiger partial charge in [-0.25, -0.2) is 0 Å². The molecule has 3 amide bonds. The molecule has 0 bridgehead atoms. The second kappa shape index (κ2) is 9.65. The Morgan fingerprint density at radius 2 is 2.07 bits per heavy atom. The maximum atomic E-state index is 12.7. The van der Waals surface area contributed by atoms with Gasteiger partial charge in [0.05, 0.1) is 4.91 Å². The van der Waals surface area contributed by atoms with Crippen LogP contribution in [-0.4, -0.2) is 35.1 Å². The number of hydrogen-bond acceptors (Lipinski definition) is 5. The molecule has 1 aliphatic heterocycles. The zero-order valence-corrected chi connectivity index (χ0v) is 17.8. The van der Waals surface area contributed by atoms with Crippen LogP contribution >= 0.6 is 23.4 Å². The van der Waals surface area contributed by atoms with Crippen LogP contribution in [0.1, 0.15) is 11.1 Å². The number of halogens is 1. The van der Waals surface area contributed by atoms with Crippen molar-refractivity contribution in [3.63, 3.8) is 0 Å². The SMILES string of the molecule is C=CCOc1cccc(/C=C2/SC(=O)N(CC(=O)Nc3cc(Cl)ccc3C)C2=O)c1. The first-order valence-electron chi connectivity index (χ1n) is 9.02. The lowest BCUT2D eigenvalue weighted by molar-refractivity contribution is -0.127. The predicted octanol–water partition coefficient (Wildman–Crippen LogP) is 4.89. The van der Waals surface area contributed by atoms with Gasteiger partial charge in [0.1, 0.15) is 18.9 Å². The summed E-state index contributed by atoms with van der Waals surface area (Å²) in [6.45, 7) is 5.40. The van der Waals surface area contributed by atoms with Crippen molar-refractivity contribution in [2.24, 2.45) is 0 Å². The maximum Gasteiger partial charge on any atom is 0.294 e. The Balaban J connectivity index is 1.70. The molecule has 2 aromatic carbocycles. The van der Waals surface area contributed by atoms with Gasteiger partial charge in [-0.05, 0) is 60.2 Å². The van der Waals surface area contributed by atoms with Crippen LogP contribution in [0.5, 0.6) is 5.75 Å². The lowest BCUT2D eigenvalue weighted by Crippen LogP contribution is -2.36. The van der Waals surface area contributed by atoms with Gasteiger partial charge in [-0.3, -0.25) is 19.3 Å². The molecular formula is C22H19ClN2O4S. The summed E-state index contributed by atoms with van der Waals surface area (Å²) in [5, 5.41) is 2.67. The molecular weight excluding hydrogens is 424 g/mol. The van der Waals surface area contributed by atoms with Gasteiger partial charge in [0.25, 0.3) is 11.1 Å². The van der Waals surface area contributed by atoms with Gasteiger partial charge in [0.2, 0.25) is 5.91 Å². The van der Waals surface area contributed by atoms with E-state index in [2.05, 4.69) is 11.9 Å². The highest BCUT2D eigenvalue weighted by Crippen LogP contribution is 2.32. The number of ether oxygens (including phenoxy) is 1. The van der Waals surface area contributed by atoms with E-state index in [1.165, 1.54) is 0 Å².